The molecule has 0 unspecified atom stereocenters. The molecule has 0 bridgehead atoms. The number of benzene rings is 1. The molecule has 2 fully saturated rings. The van der Waals surface area contributed by atoms with Gasteiger partial charge in [0.05, 0.1) is 18.1 Å². The van der Waals surface area contributed by atoms with Crippen molar-refractivity contribution >= 4 is 10.0 Å². The van der Waals surface area contributed by atoms with Gasteiger partial charge in [-0.1, -0.05) is 23.8 Å². The van der Waals surface area contributed by atoms with Crippen molar-refractivity contribution < 1.29 is 13.2 Å². The Bertz CT molecular complexity index is 708. The van der Waals surface area contributed by atoms with Gasteiger partial charge in [0.15, 0.2) is 0 Å². The fourth-order valence-electron chi connectivity index (χ4n) is 3.58. The van der Waals surface area contributed by atoms with Gasteiger partial charge < -0.3 is 4.74 Å². The van der Waals surface area contributed by atoms with Crippen LogP contribution in [0.2, 0.25) is 0 Å². The molecule has 1 saturated heterocycles. The number of sulfonamides is 1. The maximum absolute atomic E-state index is 12.7. The van der Waals surface area contributed by atoms with E-state index in [4.69, 9.17) is 4.74 Å². The van der Waals surface area contributed by atoms with Crippen LogP contribution in [0.25, 0.3) is 0 Å². The molecule has 2 atom stereocenters. The third-order valence-corrected chi connectivity index (χ3v) is 6.92. The average molecular weight is 305 g/mol. The van der Waals surface area contributed by atoms with Gasteiger partial charge in [-0.15, -0.1) is 0 Å². The van der Waals surface area contributed by atoms with E-state index in [9.17, 15) is 8.42 Å². The summed E-state index contributed by atoms with van der Waals surface area (Å²) >= 11 is 0. The molecule has 0 spiro atoms. The molecule has 3 aliphatic rings. The maximum atomic E-state index is 12.7. The predicted molar refractivity (Wildman–Crippen MR) is 79.4 cm³/mol. The summed E-state index contributed by atoms with van der Waals surface area (Å²) in [5.41, 5.74) is 2.50. The van der Waals surface area contributed by atoms with E-state index >= 15 is 0 Å². The molecule has 4 nitrogen and oxygen atoms in total. The second kappa shape index (κ2) is 4.41. The van der Waals surface area contributed by atoms with Gasteiger partial charge in [0.1, 0.15) is 0 Å². The monoisotopic (exact) mass is 305 g/mol. The van der Waals surface area contributed by atoms with Crippen LogP contribution in [0.3, 0.4) is 0 Å². The van der Waals surface area contributed by atoms with Crippen LogP contribution in [-0.2, 0) is 14.8 Å². The lowest BCUT2D eigenvalue weighted by Gasteiger charge is -2.19. The highest BCUT2D eigenvalue weighted by atomic mass is 32.2. The Morgan fingerprint density at radius 1 is 1.29 bits per heavy atom. The number of hydrogen-bond acceptors (Lipinski definition) is 3. The van der Waals surface area contributed by atoms with E-state index in [-0.39, 0.29) is 5.41 Å². The number of hydrogen-bond donors (Lipinski definition) is 0. The van der Waals surface area contributed by atoms with Crippen molar-refractivity contribution in [2.45, 2.75) is 18.2 Å². The normalized spacial score (nSPS) is 32.0. The highest BCUT2D eigenvalue weighted by Crippen LogP contribution is 2.62. The predicted octanol–water partition coefficient (Wildman–Crippen LogP) is 1.96. The second-order valence-corrected chi connectivity index (χ2v) is 8.35. The molecule has 0 radical (unpaired) electrons. The van der Waals surface area contributed by atoms with Gasteiger partial charge in [0.25, 0.3) is 0 Å². The van der Waals surface area contributed by atoms with E-state index in [0.717, 1.165) is 25.2 Å². The highest BCUT2D eigenvalue weighted by Gasteiger charge is 2.61. The molecule has 0 N–H and O–H groups in total. The summed E-state index contributed by atoms with van der Waals surface area (Å²) in [7, 11) is -3.39. The minimum atomic E-state index is -3.39. The van der Waals surface area contributed by atoms with Crippen LogP contribution in [-0.4, -0.2) is 39.0 Å². The molecular weight excluding hydrogens is 286 g/mol. The third-order valence-electron chi connectivity index (χ3n) is 5.10. The zero-order chi connectivity index (χ0) is 14.7. The Morgan fingerprint density at radius 2 is 2.05 bits per heavy atom. The second-order valence-electron chi connectivity index (χ2n) is 6.41. The number of aryl methyl sites for hydroxylation is 1. The standard InChI is InChI=1S/C16H19NO3S/c1-12-2-4-15(5-3-12)21(18,19)17-7-6-13(9-17)16-8-14(16)10-20-11-16/h2-6,14H,7-11H2,1H3/t14-,16+/m1/s1. The van der Waals surface area contributed by atoms with E-state index in [1.807, 2.05) is 19.1 Å². The molecule has 1 aromatic rings. The molecule has 5 heteroatoms. The first-order chi connectivity index (χ1) is 10.0. The van der Waals surface area contributed by atoms with Gasteiger partial charge >= 0.3 is 0 Å². The summed E-state index contributed by atoms with van der Waals surface area (Å²) in [6.07, 6.45) is 3.26. The Labute approximate surface area is 125 Å². The third kappa shape index (κ3) is 1.99. The summed E-state index contributed by atoms with van der Waals surface area (Å²) in [5.74, 6) is 0.616. The summed E-state index contributed by atoms with van der Waals surface area (Å²) in [5, 5.41) is 0. The van der Waals surface area contributed by atoms with E-state index in [1.54, 1.807) is 16.4 Å². The van der Waals surface area contributed by atoms with Crippen LogP contribution < -0.4 is 0 Å². The minimum absolute atomic E-state index is 0.164. The molecule has 1 aromatic carbocycles. The SMILES string of the molecule is Cc1ccc(S(=O)(=O)N2CC=C([C@]34COC[C@H]3C4)C2)cc1. The van der Waals surface area contributed by atoms with Crippen molar-refractivity contribution in [1.29, 1.82) is 0 Å². The summed E-state index contributed by atoms with van der Waals surface area (Å²) in [6.45, 7) is 4.57. The Balaban J connectivity index is 1.55. The minimum Gasteiger partial charge on any atom is -0.380 e. The molecule has 0 amide bonds. The molecule has 2 aliphatic heterocycles. The van der Waals surface area contributed by atoms with Gasteiger partial charge in [0.2, 0.25) is 10.0 Å². The van der Waals surface area contributed by atoms with Gasteiger partial charge in [-0.2, -0.15) is 4.31 Å². The van der Waals surface area contributed by atoms with Crippen LogP contribution in [0.4, 0.5) is 0 Å². The van der Waals surface area contributed by atoms with Crippen LogP contribution in [0.5, 0.6) is 0 Å². The van der Waals surface area contributed by atoms with Crippen molar-refractivity contribution in [2.75, 3.05) is 26.3 Å². The molecule has 1 saturated carbocycles. The molecular formula is C16H19NO3S. The first kappa shape index (κ1) is 13.5. The fraction of sp³-hybridized carbons (Fsp3) is 0.500. The van der Waals surface area contributed by atoms with E-state index in [2.05, 4.69) is 6.08 Å². The number of nitrogens with zero attached hydrogens (tertiary/aromatic N) is 1. The smallest absolute Gasteiger partial charge is 0.243 e. The van der Waals surface area contributed by atoms with Crippen molar-refractivity contribution in [1.82, 2.24) is 4.31 Å². The summed E-state index contributed by atoms with van der Waals surface area (Å²) in [4.78, 5) is 0.385. The Kier molecular flexibility index (Phi) is 2.83. The average Bonchev–Trinajstić information content (AvgIpc) is 2.87. The molecule has 2 heterocycles. The van der Waals surface area contributed by atoms with E-state index in [0.29, 0.717) is 23.9 Å². The van der Waals surface area contributed by atoms with E-state index in [1.165, 1.54) is 5.57 Å². The van der Waals surface area contributed by atoms with E-state index < -0.39 is 10.0 Å². The Hall–Kier alpha value is -1.17. The molecule has 112 valence electrons. The summed E-state index contributed by atoms with van der Waals surface area (Å²) in [6, 6.07) is 7.08. The van der Waals surface area contributed by atoms with Crippen molar-refractivity contribution in [2.24, 2.45) is 11.3 Å². The first-order valence-electron chi connectivity index (χ1n) is 7.36. The maximum Gasteiger partial charge on any atom is 0.243 e. The quantitative estimate of drug-likeness (QED) is 0.802. The van der Waals surface area contributed by atoms with Gasteiger partial charge in [-0.25, -0.2) is 8.42 Å². The van der Waals surface area contributed by atoms with Gasteiger partial charge in [-0.05, 0) is 37.0 Å². The lowest BCUT2D eigenvalue weighted by Crippen LogP contribution is -2.30. The lowest BCUT2D eigenvalue weighted by atomic mass is 9.96. The van der Waals surface area contributed by atoms with Crippen LogP contribution in [0.15, 0.2) is 40.8 Å². The largest absolute Gasteiger partial charge is 0.380 e. The van der Waals surface area contributed by atoms with Crippen LogP contribution >= 0.6 is 0 Å². The zero-order valence-corrected chi connectivity index (χ0v) is 12.9. The lowest BCUT2D eigenvalue weighted by molar-refractivity contribution is 0.153. The van der Waals surface area contributed by atoms with Crippen molar-refractivity contribution in [3.63, 3.8) is 0 Å². The summed E-state index contributed by atoms with van der Waals surface area (Å²) < 4.78 is 32.5. The number of ether oxygens (including phenoxy) is 1. The molecule has 0 aromatic heterocycles. The zero-order valence-electron chi connectivity index (χ0n) is 12.1. The van der Waals surface area contributed by atoms with Gasteiger partial charge in [0, 0.05) is 18.5 Å². The highest BCUT2D eigenvalue weighted by molar-refractivity contribution is 7.89. The van der Waals surface area contributed by atoms with Crippen molar-refractivity contribution in [3.8, 4) is 0 Å². The van der Waals surface area contributed by atoms with Crippen LogP contribution in [0, 0.1) is 18.3 Å². The topological polar surface area (TPSA) is 46.6 Å². The molecule has 4 rings (SSSR count). The van der Waals surface area contributed by atoms with Gasteiger partial charge in [-0.3, -0.25) is 0 Å². The molecule has 1 aliphatic carbocycles. The fourth-order valence-corrected chi connectivity index (χ4v) is 4.94. The Morgan fingerprint density at radius 3 is 2.67 bits per heavy atom. The first-order valence-corrected chi connectivity index (χ1v) is 8.80. The number of fused-ring (bicyclic) bond motifs is 1. The number of rotatable bonds is 3. The molecule has 21 heavy (non-hydrogen) atoms. The van der Waals surface area contributed by atoms with Crippen LogP contribution in [0.1, 0.15) is 12.0 Å². The van der Waals surface area contributed by atoms with Crippen molar-refractivity contribution in [3.05, 3.63) is 41.5 Å².